The van der Waals surface area contributed by atoms with Crippen molar-refractivity contribution in [3.8, 4) is 11.5 Å². The Morgan fingerprint density at radius 1 is 1.26 bits per heavy atom. The van der Waals surface area contributed by atoms with Crippen molar-refractivity contribution in [2.45, 2.75) is 98.8 Å². The fourth-order valence-electron chi connectivity index (χ4n) is 4.39. The summed E-state index contributed by atoms with van der Waals surface area (Å²) in [6.45, 7) is 16.8. The zero-order valence-corrected chi connectivity index (χ0v) is 20.5. The molecule has 0 saturated carbocycles. The number of carbonyl (C=O) groups excluding carboxylic acids is 1. The van der Waals surface area contributed by atoms with E-state index < -0.39 is 0 Å². The first kappa shape index (κ1) is 25.2. The minimum absolute atomic E-state index is 0.0297. The molecule has 1 aromatic carbocycles. The number of hydrogen-bond acceptors (Lipinski definition) is 3. The third-order valence-electron chi connectivity index (χ3n) is 6.77. The van der Waals surface area contributed by atoms with Crippen LogP contribution in [0.3, 0.4) is 0 Å². The SMILES string of the molecule is C=C(C)[C@@H]1CCC(C)=C[C@H]1c1c(O)cc(CCCCC)cc1OC(=O)CC(C)(C)CC. The maximum Gasteiger partial charge on any atom is 0.311 e. The molecule has 3 nitrogen and oxygen atoms in total. The van der Waals surface area contributed by atoms with E-state index in [9.17, 15) is 9.90 Å². The third kappa shape index (κ3) is 6.98. The summed E-state index contributed by atoms with van der Waals surface area (Å²) in [5, 5.41) is 11.1. The van der Waals surface area contributed by atoms with E-state index in [2.05, 4.69) is 54.2 Å². The summed E-state index contributed by atoms with van der Waals surface area (Å²) in [5.41, 5.74) is 4.05. The summed E-state index contributed by atoms with van der Waals surface area (Å²) in [7, 11) is 0. The van der Waals surface area contributed by atoms with Gasteiger partial charge in [0.05, 0.1) is 6.42 Å². The van der Waals surface area contributed by atoms with Crippen LogP contribution >= 0.6 is 0 Å². The van der Waals surface area contributed by atoms with Gasteiger partial charge in [-0.2, -0.15) is 0 Å². The molecule has 0 bridgehead atoms. The standard InChI is InChI=1S/C28H42O3/c1-8-10-11-12-21-16-24(29)27(23-15-20(5)13-14-22(23)19(3)4)25(17-21)31-26(30)18-28(6,7)9-2/h15-17,22-23,29H,3,8-14,18H2,1-2,4-7H3/t22-,23+/m0/s1. The number of unbranched alkanes of at least 4 members (excludes halogenated alkanes) is 2. The Bertz CT molecular complexity index is 816. The zero-order valence-electron chi connectivity index (χ0n) is 20.5. The van der Waals surface area contributed by atoms with E-state index in [0.29, 0.717) is 12.2 Å². The van der Waals surface area contributed by atoms with Gasteiger partial charge in [0.25, 0.3) is 0 Å². The fourth-order valence-corrected chi connectivity index (χ4v) is 4.39. The lowest BCUT2D eigenvalue weighted by atomic mass is 9.73. The van der Waals surface area contributed by atoms with Crippen LogP contribution in [-0.4, -0.2) is 11.1 Å². The number of phenols is 1. The normalized spacial score (nSPS) is 19.1. The van der Waals surface area contributed by atoms with E-state index in [-0.39, 0.29) is 29.0 Å². The smallest absolute Gasteiger partial charge is 0.311 e. The number of carbonyl (C=O) groups is 1. The van der Waals surface area contributed by atoms with Crippen LogP contribution < -0.4 is 4.74 Å². The number of ether oxygens (including phenoxy) is 1. The van der Waals surface area contributed by atoms with Gasteiger partial charge >= 0.3 is 5.97 Å². The fraction of sp³-hybridized carbons (Fsp3) is 0.607. The molecule has 1 aromatic rings. The number of aryl methyl sites for hydroxylation is 1. The van der Waals surface area contributed by atoms with Crippen molar-refractivity contribution in [1.29, 1.82) is 0 Å². The van der Waals surface area contributed by atoms with Gasteiger partial charge in [-0.1, -0.05) is 70.8 Å². The number of hydrogen-bond donors (Lipinski definition) is 1. The van der Waals surface area contributed by atoms with Crippen LogP contribution in [0.15, 0.2) is 35.9 Å². The van der Waals surface area contributed by atoms with E-state index in [1.807, 2.05) is 12.1 Å². The number of benzene rings is 1. The molecule has 2 atom stereocenters. The molecule has 0 amide bonds. The summed E-state index contributed by atoms with van der Waals surface area (Å²) < 4.78 is 5.97. The molecule has 0 aliphatic heterocycles. The Hall–Kier alpha value is -2.03. The first-order chi connectivity index (χ1) is 14.6. The Kier molecular flexibility index (Phi) is 8.97. The highest BCUT2D eigenvalue weighted by molar-refractivity contribution is 5.74. The maximum atomic E-state index is 12.8. The largest absolute Gasteiger partial charge is 0.507 e. The van der Waals surface area contributed by atoms with Crippen molar-refractivity contribution in [3.05, 3.63) is 47.1 Å². The van der Waals surface area contributed by atoms with Gasteiger partial charge in [-0.05, 0) is 68.6 Å². The highest BCUT2D eigenvalue weighted by atomic mass is 16.5. The molecule has 0 fully saturated rings. The molecule has 2 rings (SSSR count). The van der Waals surface area contributed by atoms with Crippen molar-refractivity contribution in [2.24, 2.45) is 11.3 Å². The zero-order chi connectivity index (χ0) is 23.2. The van der Waals surface area contributed by atoms with Gasteiger partial charge in [-0.15, -0.1) is 0 Å². The van der Waals surface area contributed by atoms with Gasteiger partial charge in [0.1, 0.15) is 11.5 Å². The Morgan fingerprint density at radius 3 is 2.58 bits per heavy atom. The molecule has 0 heterocycles. The van der Waals surface area contributed by atoms with Gasteiger partial charge < -0.3 is 9.84 Å². The lowest BCUT2D eigenvalue weighted by molar-refractivity contribution is -0.136. The molecule has 0 aromatic heterocycles. The van der Waals surface area contributed by atoms with Gasteiger partial charge in [0.2, 0.25) is 0 Å². The van der Waals surface area contributed by atoms with Gasteiger partial charge in [-0.25, -0.2) is 0 Å². The predicted octanol–water partition coefficient (Wildman–Crippen LogP) is 7.87. The van der Waals surface area contributed by atoms with E-state index in [1.165, 1.54) is 5.57 Å². The maximum absolute atomic E-state index is 12.8. The summed E-state index contributed by atoms with van der Waals surface area (Å²) in [4.78, 5) is 12.8. The van der Waals surface area contributed by atoms with Crippen LogP contribution in [-0.2, 0) is 11.2 Å². The third-order valence-corrected chi connectivity index (χ3v) is 6.77. The molecule has 0 radical (unpaired) electrons. The van der Waals surface area contributed by atoms with Crippen molar-refractivity contribution >= 4 is 5.97 Å². The van der Waals surface area contributed by atoms with Gasteiger partial charge in [-0.3, -0.25) is 4.79 Å². The Balaban J connectivity index is 2.48. The summed E-state index contributed by atoms with van der Waals surface area (Å²) in [6, 6.07) is 3.85. The highest BCUT2D eigenvalue weighted by Gasteiger charge is 2.32. The minimum Gasteiger partial charge on any atom is -0.507 e. The van der Waals surface area contributed by atoms with Crippen LogP contribution in [0.1, 0.15) is 104 Å². The van der Waals surface area contributed by atoms with Crippen LogP contribution in [0.4, 0.5) is 0 Å². The van der Waals surface area contributed by atoms with Crippen molar-refractivity contribution in [3.63, 3.8) is 0 Å². The predicted molar refractivity (Wildman–Crippen MR) is 130 cm³/mol. The molecule has 0 saturated heterocycles. The molecule has 31 heavy (non-hydrogen) atoms. The molecule has 172 valence electrons. The average molecular weight is 427 g/mol. The van der Waals surface area contributed by atoms with Crippen molar-refractivity contribution in [2.75, 3.05) is 0 Å². The molecule has 3 heteroatoms. The second kappa shape index (κ2) is 11.0. The first-order valence-electron chi connectivity index (χ1n) is 12.0. The summed E-state index contributed by atoms with van der Waals surface area (Å²) >= 11 is 0. The van der Waals surface area contributed by atoms with Crippen LogP contribution in [0.25, 0.3) is 0 Å². The quantitative estimate of drug-likeness (QED) is 0.179. The Labute approximate surface area is 189 Å². The Morgan fingerprint density at radius 2 is 1.97 bits per heavy atom. The molecular formula is C28H42O3. The van der Waals surface area contributed by atoms with Gasteiger partial charge in [0, 0.05) is 11.5 Å². The molecule has 1 N–H and O–H groups in total. The van der Waals surface area contributed by atoms with Crippen LogP contribution in [0.2, 0.25) is 0 Å². The molecule has 0 spiro atoms. The highest BCUT2D eigenvalue weighted by Crippen LogP contribution is 2.47. The van der Waals surface area contributed by atoms with Crippen LogP contribution in [0, 0.1) is 11.3 Å². The number of rotatable bonds is 10. The average Bonchev–Trinajstić information content (AvgIpc) is 2.67. The summed E-state index contributed by atoms with van der Waals surface area (Å²) in [6.07, 6.45) is 9.72. The van der Waals surface area contributed by atoms with Gasteiger partial charge in [0.15, 0.2) is 0 Å². The monoisotopic (exact) mass is 426 g/mol. The number of phenolic OH excluding ortho intramolecular Hbond substituents is 1. The molecule has 1 aliphatic carbocycles. The number of allylic oxidation sites excluding steroid dienone is 3. The second-order valence-electron chi connectivity index (χ2n) is 10.2. The minimum atomic E-state index is -0.235. The molecular weight excluding hydrogens is 384 g/mol. The van der Waals surface area contributed by atoms with E-state index >= 15 is 0 Å². The lowest BCUT2D eigenvalue weighted by Gasteiger charge is -2.32. The van der Waals surface area contributed by atoms with Crippen molar-refractivity contribution < 1.29 is 14.6 Å². The van der Waals surface area contributed by atoms with Crippen LogP contribution in [0.5, 0.6) is 11.5 Å². The number of esters is 1. The molecule has 0 unspecified atom stereocenters. The van der Waals surface area contributed by atoms with Crippen molar-refractivity contribution in [1.82, 2.24) is 0 Å². The summed E-state index contributed by atoms with van der Waals surface area (Å²) in [5.74, 6) is 0.712. The first-order valence-corrected chi connectivity index (χ1v) is 12.0. The van der Waals surface area contributed by atoms with E-state index in [0.717, 1.165) is 61.6 Å². The topological polar surface area (TPSA) is 46.5 Å². The lowest BCUT2D eigenvalue weighted by Crippen LogP contribution is -2.22. The second-order valence-corrected chi connectivity index (χ2v) is 10.2. The van der Waals surface area contributed by atoms with E-state index in [4.69, 9.17) is 4.74 Å². The van der Waals surface area contributed by atoms with E-state index in [1.54, 1.807) is 0 Å². The molecule has 1 aliphatic rings. The number of aromatic hydroxyl groups is 1.